The number of nitrogens with zero attached hydrogens (tertiary/aromatic N) is 4. The summed E-state index contributed by atoms with van der Waals surface area (Å²) in [6, 6.07) is 16.8. The number of carbonyl (C=O) groups is 1. The molecule has 0 bridgehead atoms. The van der Waals surface area contributed by atoms with Crippen molar-refractivity contribution in [2.45, 2.75) is 69.0 Å². The standard InChI is InChI=1S/C34H37ClF3N5O4/c1-32(2)19-39-27(18-47-32)23-8-10-24(11-9-23)43-28(35)16-25-30(43)40-21-42(31(25)45)20-33(46)12-14-41(15-13-33)29(44)17-26(34(36,37)38)22-6-4-3-5-7-22/h3-11,16,21,26-27,39,46H,12-15,17-20H2,1-2H3/t26?,27-/m0/s1. The van der Waals surface area contributed by atoms with Gasteiger partial charge in [-0.3, -0.25) is 18.7 Å². The van der Waals surface area contributed by atoms with Gasteiger partial charge in [-0.25, -0.2) is 4.98 Å². The molecule has 2 N–H and O–H groups in total. The number of ether oxygens (including phenoxy) is 1. The molecule has 0 aliphatic carbocycles. The van der Waals surface area contributed by atoms with E-state index in [1.54, 1.807) is 16.7 Å². The number of fused-ring (bicyclic) bond motifs is 1. The Balaban J connectivity index is 1.13. The van der Waals surface area contributed by atoms with Crippen LogP contribution in [0.2, 0.25) is 5.15 Å². The number of hydrogen-bond donors (Lipinski definition) is 2. The summed E-state index contributed by atoms with van der Waals surface area (Å²) in [6.07, 6.45) is -3.74. The van der Waals surface area contributed by atoms with Crippen LogP contribution < -0.4 is 10.9 Å². The average Bonchev–Trinajstić information content (AvgIpc) is 3.38. The number of amides is 1. The van der Waals surface area contributed by atoms with Crippen molar-refractivity contribution in [2.75, 3.05) is 26.2 Å². The number of aliphatic hydroxyl groups is 1. The molecule has 2 aliphatic heterocycles. The number of nitrogens with one attached hydrogen (secondary N) is 1. The Morgan fingerprint density at radius 3 is 2.43 bits per heavy atom. The molecule has 4 heterocycles. The van der Waals surface area contributed by atoms with Crippen LogP contribution >= 0.6 is 11.6 Å². The van der Waals surface area contributed by atoms with Crippen LogP contribution in [0.3, 0.4) is 0 Å². The fourth-order valence-electron chi connectivity index (χ4n) is 6.36. The molecule has 2 aromatic carbocycles. The molecule has 2 atom stereocenters. The lowest BCUT2D eigenvalue weighted by Crippen LogP contribution is -2.50. The number of piperidine rings is 1. The van der Waals surface area contributed by atoms with Gasteiger partial charge in [0, 0.05) is 31.7 Å². The first kappa shape index (κ1) is 33.2. The Labute approximate surface area is 274 Å². The summed E-state index contributed by atoms with van der Waals surface area (Å²) in [5.74, 6) is -2.55. The van der Waals surface area contributed by atoms with E-state index in [0.717, 1.165) is 17.8 Å². The average molecular weight is 672 g/mol. The first-order chi connectivity index (χ1) is 22.2. The van der Waals surface area contributed by atoms with Crippen molar-refractivity contribution < 1.29 is 27.8 Å². The van der Waals surface area contributed by atoms with Crippen LogP contribution in [0.25, 0.3) is 16.7 Å². The van der Waals surface area contributed by atoms with Crippen LogP contribution in [0.4, 0.5) is 13.2 Å². The third-order valence-electron chi connectivity index (χ3n) is 9.20. The number of halogens is 4. The molecule has 1 unspecified atom stereocenters. The van der Waals surface area contributed by atoms with Crippen molar-refractivity contribution >= 4 is 28.5 Å². The van der Waals surface area contributed by atoms with E-state index in [4.69, 9.17) is 16.3 Å². The van der Waals surface area contributed by atoms with Crippen LogP contribution in [-0.4, -0.2) is 73.7 Å². The van der Waals surface area contributed by atoms with Crippen molar-refractivity contribution in [3.8, 4) is 5.69 Å². The summed E-state index contributed by atoms with van der Waals surface area (Å²) in [4.78, 5) is 32.3. The Morgan fingerprint density at radius 1 is 1.13 bits per heavy atom. The maximum atomic E-state index is 13.8. The predicted molar refractivity (Wildman–Crippen MR) is 172 cm³/mol. The normalized spacial score (nSPS) is 20.3. The molecule has 0 radical (unpaired) electrons. The second-order valence-electron chi connectivity index (χ2n) is 13.1. The molecule has 2 saturated heterocycles. The lowest BCUT2D eigenvalue weighted by molar-refractivity contribution is -0.162. The van der Waals surface area contributed by atoms with Crippen molar-refractivity contribution in [3.05, 3.63) is 93.6 Å². The van der Waals surface area contributed by atoms with Crippen molar-refractivity contribution in [1.29, 1.82) is 0 Å². The van der Waals surface area contributed by atoms with E-state index in [2.05, 4.69) is 10.3 Å². The fraction of sp³-hybridized carbons (Fsp3) is 0.441. The van der Waals surface area contributed by atoms with Crippen molar-refractivity contribution in [3.63, 3.8) is 0 Å². The van der Waals surface area contributed by atoms with Crippen LogP contribution in [0.5, 0.6) is 0 Å². The molecular weight excluding hydrogens is 635 g/mol. The molecular formula is C34H37ClF3N5O4. The third-order valence-corrected chi connectivity index (χ3v) is 9.47. The van der Waals surface area contributed by atoms with Crippen molar-refractivity contribution in [1.82, 2.24) is 24.3 Å². The minimum absolute atomic E-state index is 0.0335. The molecule has 2 aliphatic rings. The third kappa shape index (κ3) is 7.11. The number of carbonyl (C=O) groups excluding carboxylic acids is 1. The summed E-state index contributed by atoms with van der Waals surface area (Å²) < 4.78 is 50.4. The highest BCUT2D eigenvalue weighted by molar-refractivity contribution is 6.31. The highest BCUT2D eigenvalue weighted by Crippen LogP contribution is 2.38. The predicted octanol–water partition coefficient (Wildman–Crippen LogP) is 5.37. The van der Waals surface area contributed by atoms with Crippen LogP contribution in [0.1, 0.15) is 56.2 Å². The van der Waals surface area contributed by atoms with Gasteiger partial charge < -0.3 is 20.1 Å². The summed E-state index contributed by atoms with van der Waals surface area (Å²) in [5, 5.41) is 15.4. The van der Waals surface area contributed by atoms with Crippen LogP contribution in [0.15, 0.2) is 71.8 Å². The number of aromatic nitrogens is 3. The second-order valence-corrected chi connectivity index (χ2v) is 13.5. The van der Waals surface area contributed by atoms with E-state index < -0.39 is 30.0 Å². The highest BCUT2D eigenvalue weighted by atomic mass is 35.5. The van der Waals surface area contributed by atoms with Crippen LogP contribution in [0, 0.1) is 0 Å². The van der Waals surface area contributed by atoms with Gasteiger partial charge in [0.2, 0.25) is 5.91 Å². The Hall–Kier alpha value is -3.71. The van der Waals surface area contributed by atoms with E-state index in [9.17, 15) is 27.9 Å². The molecule has 1 amide bonds. The minimum atomic E-state index is -4.58. The lowest BCUT2D eigenvalue weighted by Gasteiger charge is -2.39. The summed E-state index contributed by atoms with van der Waals surface area (Å²) in [5.41, 5.74) is 0.232. The Kier molecular flexibility index (Phi) is 8.98. The van der Waals surface area contributed by atoms with Gasteiger partial charge in [0.25, 0.3) is 5.56 Å². The Morgan fingerprint density at radius 2 is 1.81 bits per heavy atom. The van der Waals surface area contributed by atoms with Gasteiger partial charge in [0.15, 0.2) is 5.65 Å². The van der Waals surface area contributed by atoms with Gasteiger partial charge in [0.1, 0.15) is 11.5 Å². The van der Waals surface area contributed by atoms with Crippen LogP contribution in [-0.2, 0) is 16.1 Å². The fourth-order valence-corrected chi connectivity index (χ4v) is 6.65. The monoisotopic (exact) mass is 671 g/mol. The zero-order valence-corrected chi connectivity index (χ0v) is 26.9. The van der Waals surface area contributed by atoms with E-state index in [1.165, 1.54) is 40.1 Å². The molecule has 9 nitrogen and oxygen atoms in total. The molecule has 13 heteroatoms. The van der Waals surface area contributed by atoms with Crippen molar-refractivity contribution in [2.24, 2.45) is 0 Å². The van der Waals surface area contributed by atoms with E-state index in [-0.39, 0.29) is 60.6 Å². The number of benzene rings is 2. The number of morpholine rings is 1. The first-order valence-electron chi connectivity index (χ1n) is 15.6. The maximum Gasteiger partial charge on any atom is 0.396 e. The zero-order valence-electron chi connectivity index (χ0n) is 26.1. The van der Waals surface area contributed by atoms with Gasteiger partial charge in [0.05, 0.1) is 41.7 Å². The van der Waals surface area contributed by atoms with Gasteiger partial charge in [-0.15, -0.1) is 0 Å². The quantitative estimate of drug-likeness (QED) is 0.274. The molecule has 47 heavy (non-hydrogen) atoms. The molecule has 250 valence electrons. The largest absolute Gasteiger partial charge is 0.396 e. The molecule has 0 saturated carbocycles. The first-order valence-corrected chi connectivity index (χ1v) is 16.0. The van der Waals surface area contributed by atoms with Gasteiger partial charge in [-0.1, -0.05) is 54.1 Å². The number of rotatable bonds is 7. The number of hydrogen-bond acceptors (Lipinski definition) is 6. The van der Waals surface area contributed by atoms with E-state index >= 15 is 0 Å². The van der Waals surface area contributed by atoms with E-state index in [1.807, 2.05) is 38.1 Å². The maximum absolute atomic E-state index is 13.8. The zero-order chi connectivity index (χ0) is 33.6. The molecule has 2 aromatic heterocycles. The second kappa shape index (κ2) is 12.7. The minimum Gasteiger partial charge on any atom is -0.388 e. The molecule has 2 fully saturated rings. The summed E-state index contributed by atoms with van der Waals surface area (Å²) >= 11 is 6.60. The molecule has 0 spiro atoms. The van der Waals surface area contributed by atoms with E-state index in [0.29, 0.717) is 17.4 Å². The highest BCUT2D eigenvalue weighted by Gasteiger charge is 2.43. The lowest BCUT2D eigenvalue weighted by atomic mass is 9.89. The molecule has 4 aromatic rings. The number of likely N-dealkylation sites (tertiary alicyclic amines) is 1. The smallest absolute Gasteiger partial charge is 0.388 e. The topological polar surface area (TPSA) is 102 Å². The summed E-state index contributed by atoms with van der Waals surface area (Å²) in [7, 11) is 0. The number of alkyl halides is 3. The Bertz CT molecular complexity index is 1790. The summed E-state index contributed by atoms with van der Waals surface area (Å²) in [6.45, 7) is 5.41. The molecule has 6 rings (SSSR count). The van der Waals surface area contributed by atoms with Gasteiger partial charge in [-0.2, -0.15) is 13.2 Å². The van der Waals surface area contributed by atoms with Gasteiger partial charge >= 0.3 is 6.18 Å². The SMILES string of the molecule is CC1(C)CN[C@H](c2ccc(-n3c(Cl)cc4c(=O)n(CC5(O)CCN(C(=O)CC(c6ccccc6)C(F)(F)F)CC5)cnc43)cc2)CO1. The van der Waals surface area contributed by atoms with Gasteiger partial charge in [-0.05, 0) is 56.0 Å².